The number of nitrogens with zero attached hydrogens (tertiary/aromatic N) is 3. The molecule has 0 radical (unpaired) electrons. The van der Waals surface area contributed by atoms with Gasteiger partial charge in [-0.2, -0.15) is 0 Å². The lowest BCUT2D eigenvalue weighted by molar-refractivity contribution is 0.101. The Balaban J connectivity index is 1.60. The van der Waals surface area contributed by atoms with Crippen LogP contribution < -0.4 is 10.2 Å². The highest BCUT2D eigenvalue weighted by Gasteiger charge is 2.23. The van der Waals surface area contributed by atoms with Gasteiger partial charge in [-0.1, -0.05) is 0 Å². The summed E-state index contributed by atoms with van der Waals surface area (Å²) in [5.41, 5.74) is 0.817. The predicted molar refractivity (Wildman–Crippen MR) is 91.3 cm³/mol. The number of aromatic nitrogens is 1. The molecule has 0 unspecified atom stereocenters. The number of carbonyl (C=O) groups is 2. The number of nitrogens with one attached hydrogen (secondary N) is 1. The van der Waals surface area contributed by atoms with Gasteiger partial charge in [0.25, 0.3) is 0 Å². The second kappa shape index (κ2) is 6.96. The minimum Gasteiger partial charge on any atom is -0.366 e. The molecular formula is C16H17FN4O2S. The second-order valence-corrected chi connectivity index (χ2v) is 6.36. The third kappa shape index (κ3) is 3.53. The van der Waals surface area contributed by atoms with Crippen molar-refractivity contribution in [1.82, 2.24) is 9.88 Å². The van der Waals surface area contributed by atoms with Gasteiger partial charge in [0.05, 0.1) is 5.69 Å². The van der Waals surface area contributed by atoms with Gasteiger partial charge >= 0.3 is 6.03 Å². The van der Waals surface area contributed by atoms with Gasteiger partial charge in [-0.15, -0.1) is 11.3 Å². The molecule has 24 heavy (non-hydrogen) atoms. The lowest BCUT2D eigenvalue weighted by Crippen LogP contribution is -2.50. The van der Waals surface area contributed by atoms with Crippen LogP contribution >= 0.6 is 11.3 Å². The maximum Gasteiger partial charge on any atom is 0.323 e. The van der Waals surface area contributed by atoms with E-state index in [4.69, 9.17) is 0 Å². The summed E-state index contributed by atoms with van der Waals surface area (Å²) in [5, 5.41) is 5.10. The Hall–Kier alpha value is -2.48. The lowest BCUT2D eigenvalue weighted by atomic mass is 10.1. The fourth-order valence-electron chi connectivity index (χ4n) is 2.59. The van der Waals surface area contributed by atoms with Gasteiger partial charge in [-0.25, -0.2) is 14.2 Å². The molecule has 1 fully saturated rings. The topological polar surface area (TPSA) is 65.5 Å². The van der Waals surface area contributed by atoms with E-state index in [2.05, 4.69) is 10.3 Å². The lowest BCUT2D eigenvalue weighted by Gasteiger charge is -2.36. The molecule has 8 heteroatoms. The molecule has 2 aromatic rings. The molecule has 6 nitrogen and oxygen atoms in total. The van der Waals surface area contributed by atoms with E-state index in [-0.39, 0.29) is 11.8 Å². The van der Waals surface area contributed by atoms with Gasteiger partial charge in [0.2, 0.25) is 0 Å². The van der Waals surface area contributed by atoms with Gasteiger partial charge in [0, 0.05) is 43.3 Å². The van der Waals surface area contributed by atoms with Crippen LogP contribution in [0.5, 0.6) is 0 Å². The van der Waals surface area contributed by atoms with Crippen LogP contribution in [0.25, 0.3) is 0 Å². The van der Waals surface area contributed by atoms with Gasteiger partial charge in [-0.3, -0.25) is 10.1 Å². The van der Waals surface area contributed by atoms with Crippen LogP contribution in [-0.2, 0) is 0 Å². The van der Waals surface area contributed by atoms with E-state index in [0.29, 0.717) is 42.6 Å². The number of anilines is 2. The summed E-state index contributed by atoms with van der Waals surface area (Å²) in [6.45, 7) is 3.45. The van der Waals surface area contributed by atoms with Gasteiger partial charge in [0.15, 0.2) is 10.9 Å². The molecule has 2 heterocycles. The smallest absolute Gasteiger partial charge is 0.323 e. The summed E-state index contributed by atoms with van der Waals surface area (Å²) >= 11 is 1.36. The summed E-state index contributed by atoms with van der Waals surface area (Å²) in [5.74, 6) is -0.576. The number of hydrogen-bond donors (Lipinski definition) is 1. The average molecular weight is 348 g/mol. The number of piperazine rings is 1. The van der Waals surface area contributed by atoms with Gasteiger partial charge < -0.3 is 9.80 Å². The minimum absolute atomic E-state index is 0.163. The number of hydrogen-bond acceptors (Lipinski definition) is 5. The van der Waals surface area contributed by atoms with Crippen molar-refractivity contribution in [3.05, 3.63) is 41.2 Å². The molecule has 126 valence electrons. The maximum atomic E-state index is 14.2. The third-order valence-electron chi connectivity index (χ3n) is 3.91. The van der Waals surface area contributed by atoms with Gasteiger partial charge in [0.1, 0.15) is 5.82 Å². The van der Waals surface area contributed by atoms with Crippen molar-refractivity contribution in [2.45, 2.75) is 6.92 Å². The number of Topliss-reactive ketones (excluding diaryl/α,β-unsaturated/α-hetero) is 1. The molecule has 1 aromatic heterocycles. The van der Waals surface area contributed by atoms with Crippen molar-refractivity contribution >= 4 is 34.0 Å². The van der Waals surface area contributed by atoms with Crippen molar-refractivity contribution in [3.8, 4) is 0 Å². The Labute approximate surface area is 142 Å². The van der Waals surface area contributed by atoms with Crippen LogP contribution in [0.15, 0.2) is 29.8 Å². The average Bonchev–Trinajstić information content (AvgIpc) is 3.08. The highest BCUT2D eigenvalue weighted by molar-refractivity contribution is 7.13. The Morgan fingerprint density at radius 3 is 2.58 bits per heavy atom. The zero-order valence-corrected chi connectivity index (χ0v) is 14.0. The molecule has 2 amide bonds. The first-order valence-electron chi connectivity index (χ1n) is 7.55. The number of amides is 2. The summed E-state index contributed by atoms with van der Waals surface area (Å²) in [6, 6.07) is 4.32. The normalized spacial score (nSPS) is 14.6. The van der Waals surface area contributed by atoms with Crippen LogP contribution in [-0.4, -0.2) is 47.9 Å². The van der Waals surface area contributed by atoms with Crippen molar-refractivity contribution in [1.29, 1.82) is 0 Å². The highest BCUT2D eigenvalue weighted by atomic mass is 32.1. The van der Waals surface area contributed by atoms with Crippen LogP contribution in [0.3, 0.4) is 0 Å². The predicted octanol–water partition coefficient (Wildman–Crippen LogP) is 2.84. The van der Waals surface area contributed by atoms with Crippen molar-refractivity contribution in [3.63, 3.8) is 0 Å². The number of ketones is 1. The largest absolute Gasteiger partial charge is 0.366 e. The van der Waals surface area contributed by atoms with E-state index in [1.54, 1.807) is 28.6 Å². The molecule has 1 aliphatic rings. The number of benzene rings is 1. The first-order valence-corrected chi connectivity index (χ1v) is 8.43. The van der Waals surface area contributed by atoms with Crippen LogP contribution in [0, 0.1) is 5.82 Å². The molecule has 1 saturated heterocycles. The molecule has 0 aliphatic carbocycles. The van der Waals surface area contributed by atoms with Crippen LogP contribution in [0.1, 0.15) is 17.3 Å². The molecule has 1 aliphatic heterocycles. The first kappa shape index (κ1) is 16.4. The van der Waals surface area contributed by atoms with E-state index < -0.39 is 5.82 Å². The number of urea groups is 1. The molecular weight excluding hydrogens is 331 g/mol. The summed E-state index contributed by atoms with van der Waals surface area (Å²) in [4.78, 5) is 31.0. The number of thiazole rings is 1. The summed E-state index contributed by atoms with van der Waals surface area (Å²) in [7, 11) is 0. The zero-order chi connectivity index (χ0) is 17.1. The van der Waals surface area contributed by atoms with E-state index in [0.717, 1.165) is 0 Å². The van der Waals surface area contributed by atoms with Gasteiger partial charge in [-0.05, 0) is 25.1 Å². The van der Waals surface area contributed by atoms with Crippen molar-refractivity contribution < 1.29 is 14.0 Å². The first-order chi connectivity index (χ1) is 11.5. The van der Waals surface area contributed by atoms with Crippen molar-refractivity contribution in [2.75, 3.05) is 36.4 Å². The van der Waals surface area contributed by atoms with E-state index in [9.17, 15) is 14.0 Å². The van der Waals surface area contributed by atoms with Crippen molar-refractivity contribution in [2.24, 2.45) is 0 Å². The number of carbonyl (C=O) groups excluding carboxylic acids is 2. The monoisotopic (exact) mass is 348 g/mol. The Morgan fingerprint density at radius 2 is 2.00 bits per heavy atom. The quantitative estimate of drug-likeness (QED) is 0.866. The highest BCUT2D eigenvalue weighted by Crippen LogP contribution is 2.22. The Bertz CT molecular complexity index is 743. The Kier molecular flexibility index (Phi) is 4.75. The summed E-state index contributed by atoms with van der Waals surface area (Å²) < 4.78 is 14.2. The number of rotatable bonds is 3. The SMILES string of the molecule is CC(=O)c1ccc(N2CCN(C(=O)Nc3nccs3)CC2)c(F)c1. The maximum absolute atomic E-state index is 14.2. The van der Waals surface area contributed by atoms with Crippen LogP contribution in [0.2, 0.25) is 0 Å². The molecule has 0 bridgehead atoms. The molecule has 1 aromatic carbocycles. The zero-order valence-electron chi connectivity index (χ0n) is 13.2. The molecule has 0 saturated carbocycles. The third-order valence-corrected chi connectivity index (χ3v) is 4.60. The van der Waals surface area contributed by atoms with Crippen LogP contribution in [0.4, 0.5) is 20.0 Å². The fraction of sp³-hybridized carbons (Fsp3) is 0.312. The van der Waals surface area contributed by atoms with E-state index >= 15 is 0 Å². The summed E-state index contributed by atoms with van der Waals surface area (Å²) in [6.07, 6.45) is 1.63. The second-order valence-electron chi connectivity index (χ2n) is 5.46. The molecule has 3 rings (SSSR count). The van der Waals surface area contributed by atoms with E-state index in [1.807, 2.05) is 4.90 Å². The number of halogens is 1. The molecule has 1 N–H and O–H groups in total. The van der Waals surface area contributed by atoms with E-state index in [1.165, 1.54) is 24.3 Å². The molecule has 0 spiro atoms. The standard InChI is InChI=1S/C16H17FN4O2S/c1-11(22)12-2-3-14(13(17)10-12)20-5-7-21(8-6-20)16(23)19-15-18-4-9-24-15/h2-4,9-10H,5-8H2,1H3,(H,18,19,23). The fourth-order valence-corrected chi connectivity index (χ4v) is 3.11. The Morgan fingerprint density at radius 1 is 1.25 bits per heavy atom. The minimum atomic E-state index is -0.414. The molecule has 0 atom stereocenters.